The summed E-state index contributed by atoms with van der Waals surface area (Å²) in [6, 6.07) is 9.76. The van der Waals surface area contributed by atoms with Gasteiger partial charge in [0, 0.05) is 19.6 Å². The van der Waals surface area contributed by atoms with Gasteiger partial charge >= 0.3 is 6.03 Å². The summed E-state index contributed by atoms with van der Waals surface area (Å²) in [5, 5.41) is 0. The Hall–Kier alpha value is -1.88. The largest absolute Gasteiger partial charge is 0.385 e. The maximum Gasteiger partial charge on any atom is 0.346 e. The van der Waals surface area contributed by atoms with Gasteiger partial charge in [0.2, 0.25) is 0 Å². The second kappa shape index (κ2) is 4.35. The molecule has 100 valence electrons. The molecule has 2 heterocycles. The van der Waals surface area contributed by atoms with Crippen molar-refractivity contribution in [2.75, 3.05) is 20.1 Å². The van der Waals surface area contributed by atoms with Gasteiger partial charge in [-0.25, -0.2) is 4.79 Å². The minimum atomic E-state index is -0.401. The minimum absolute atomic E-state index is 0.211. The van der Waals surface area contributed by atoms with Gasteiger partial charge in [0.05, 0.1) is 0 Å². The third kappa shape index (κ3) is 1.90. The molecule has 5 nitrogen and oxygen atoms in total. The van der Waals surface area contributed by atoms with Crippen molar-refractivity contribution in [3.8, 4) is 0 Å². The first kappa shape index (κ1) is 12.2. The summed E-state index contributed by atoms with van der Waals surface area (Å²) < 4.78 is 0. The zero-order valence-corrected chi connectivity index (χ0v) is 11.0. The number of carbonyl (C=O) groups is 1. The molecule has 1 unspecified atom stereocenters. The van der Waals surface area contributed by atoms with Gasteiger partial charge in [-0.15, -0.1) is 0 Å². The molecule has 2 aliphatic rings. The van der Waals surface area contributed by atoms with Gasteiger partial charge < -0.3 is 15.5 Å². The molecule has 0 aliphatic carbocycles. The first-order valence-electron chi connectivity index (χ1n) is 6.50. The zero-order valence-electron chi connectivity index (χ0n) is 11.0. The SMILES string of the molecule is CN1CCC2(C1)C(N)=NC(=O)N2Cc1ccccc1. The first-order chi connectivity index (χ1) is 9.12. The zero-order chi connectivity index (χ0) is 13.5. The summed E-state index contributed by atoms with van der Waals surface area (Å²) in [4.78, 5) is 20.1. The van der Waals surface area contributed by atoms with Crippen molar-refractivity contribution in [3.05, 3.63) is 35.9 Å². The van der Waals surface area contributed by atoms with Crippen LogP contribution in [0.25, 0.3) is 0 Å². The van der Waals surface area contributed by atoms with Crippen LogP contribution >= 0.6 is 0 Å². The number of nitrogens with two attached hydrogens (primary N) is 1. The van der Waals surface area contributed by atoms with Crippen LogP contribution < -0.4 is 5.73 Å². The number of amidine groups is 1. The molecule has 19 heavy (non-hydrogen) atoms. The summed E-state index contributed by atoms with van der Waals surface area (Å²) in [6.07, 6.45) is 0.859. The number of carbonyl (C=O) groups excluding carboxylic acids is 1. The molecule has 2 aliphatic heterocycles. The second-order valence-corrected chi connectivity index (χ2v) is 5.37. The van der Waals surface area contributed by atoms with Crippen LogP contribution in [0.2, 0.25) is 0 Å². The normalized spacial score (nSPS) is 27.3. The maximum atomic E-state index is 12.1. The van der Waals surface area contributed by atoms with E-state index in [1.165, 1.54) is 0 Å². The number of rotatable bonds is 2. The minimum Gasteiger partial charge on any atom is -0.385 e. The summed E-state index contributed by atoms with van der Waals surface area (Å²) in [5.74, 6) is 0.470. The predicted molar refractivity (Wildman–Crippen MR) is 73.8 cm³/mol. The fraction of sp³-hybridized carbons (Fsp3) is 0.429. The molecular formula is C14H18N4O. The third-order valence-corrected chi connectivity index (χ3v) is 4.06. The first-order valence-corrected chi connectivity index (χ1v) is 6.50. The van der Waals surface area contributed by atoms with Crippen LogP contribution in [0.1, 0.15) is 12.0 Å². The smallest absolute Gasteiger partial charge is 0.346 e. The molecular weight excluding hydrogens is 240 g/mol. The summed E-state index contributed by atoms with van der Waals surface area (Å²) in [6.45, 7) is 2.27. The molecule has 0 radical (unpaired) electrons. The van der Waals surface area contributed by atoms with E-state index in [1.807, 2.05) is 42.3 Å². The van der Waals surface area contributed by atoms with E-state index in [0.717, 1.165) is 25.1 Å². The molecule has 1 aromatic rings. The molecule has 1 aromatic carbocycles. The van der Waals surface area contributed by atoms with Crippen molar-refractivity contribution >= 4 is 11.9 Å². The lowest BCUT2D eigenvalue weighted by atomic mass is 9.95. The Kier molecular flexibility index (Phi) is 2.78. The number of amides is 2. The molecule has 2 amide bonds. The summed E-state index contributed by atoms with van der Waals surface area (Å²) >= 11 is 0. The number of urea groups is 1. The lowest BCUT2D eigenvalue weighted by molar-refractivity contribution is 0.168. The van der Waals surface area contributed by atoms with E-state index < -0.39 is 5.54 Å². The number of benzene rings is 1. The van der Waals surface area contributed by atoms with Crippen molar-refractivity contribution in [2.45, 2.75) is 18.5 Å². The highest BCUT2D eigenvalue weighted by atomic mass is 16.2. The monoisotopic (exact) mass is 258 g/mol. The summed E-state index contributed by atoms with van der Waals surface area (Å²) in [5.41, 5.74) is 6.74. The Balaban J connectivity index is 1.89. The molecule has 1 spiro atoms. The number of hydrogen-bond donors (Lipinski definition) is 1. The fourth-order valence-electron chi connectivity index (χ4n) is 2.98. The number of hydrogen-bond acceptors (Lipinski definition) is 3. The molecule has 0 aromatic heterocycles. The third-order valence-electron chi connectivity index (χ3n) is 4.06. The van der Waals surface area contributed by atoms with Crippen molar-refractivity contribution < 1.29 is 4.79 Å². The van der Waals surface area contributed by atoms with Crippen molar-refractivity contribution in [1.82, 2.24) is 9.80 Å². The number of likely N-dealkylation sites (N-methyl/N-ethyl adjacent to an activating group) is 1. The van der Waals surface area contributed by atoms with Gasteiger partial charge in [-0.05, 0) is 19.0 Å². The van der Waals surface area contributed by atoms with Crippen LogP contribution in [0.4, 0.5) is 4.79 Å². The van der Waals surface area contributed by atoms with Gasteiger partial charge in [-0.2, -0.15) is 4.99 Å². The fourth-order valence-corrected chi connectivity index (χ4v) is 2.98. The van der Waals surface area contributed by atoms with Gasteiger partial charge in [0.15, 0.2) is 0 Å². The molecule has 2 N–H and O–H groups in total. The lowest BCUT2D eigenvalue weighted by Crippen LogP contribution is -2.55. The van der Waals surface area contributed by atoms with Crippen LogP contribution in [-0.2, 0) is 6.54 Å². The predicted octanol–water partition coefficient (Wildman–Crippen LogP) is 1.05. The quantitative estimate of drug-likeness (QED) is 0.862. The molecule has 5 heteroatoms. The van der Waals surface area contributed by atoms with E-state index in [4.69, 9.17) is 5.73 Å². The van der Waals surface area contributed by atoms with Crippen LogP contribution in [0.3, 0.4) is 0 Å². The highest BCUT2D eigenvalue weighted by molar-refractivity contribution is 6.06. The van der Waals surface area contributed by atoms with E-state index in [0.29, 0.717) is 12.4 Å². The summed E-state index contributed by atoms with van der Waals surface area (Å²) in [7, 11) is 2.05. The molecule has 3 rings (SSSR count). The van der Waals surface area contributed by atoms with Crippen LogP contribution in [0.15, 0.2) is 35.3 Å². The average molecular weight is 258 g/mol. The van der Waals surface area contributed by atoms with E-state index >= 15 is 0 Å². The molecule has 1 atom stereocenters. The highest BCUT2D eigenvalue weighted by Crippen LogP contribution is 2.33. The van der Waals surface area contributed by atoms with E-state index in [-0.39, 0.29) is 6.03 Å². The molecule has 0 saturated carbocycles. The van der Waals surface area contributed by atoms with E-state index in [9.17, 15) is 4.79 Å². The van der Waals surface area contributed by atoms with Gasteiger partial charge in [0.25, 0.3) is 0 Å². The number of nitrogens with zero attached hydrogens (tertiary/aromatic N) is 3. The standard InChI is InChI=1S/C14H18N4O/c1-17-8-7-14(10-17)12(15)16-13(19)18(14)9-11-5-3-2-4-6-11/h2-6H,7-10H2,1H3,(H2,15,16,19). The van der Waals surface area contributed by atoms with Crippen LogP contribution in [0, 0.1) is 0 Å². The Morgan fingerprint density at radius 1 is 1.37 bits per heavy atom. The van der Waals surface area contributed by atoms with Crippen molar-refractivity contribution in [2.24, 2.45) is 10.7 Å². The second-order valence-electron chi connectivity index (χ2n) is 5.37. The highest BCUT2D eigenvalue weighted by Gasteiger charge is 2.51. The van der Waals surface area contributed by atoms with Crippen molar-refractivity contribution in [1.29, 1.82) is 0 Å². The Morgan fingerprint density at radius 3 is 2.74 bits per heavy atom. The van der Waals surface area contributed by atoms with Crippen LogP contribution in [0.5, 0.6) is 0 Å². The van der Waals surface area contributed by atoms with Crippen molar-refractivity contribution in [3.63, 3.8) is 0 Å². The molecule has 0 bridgehead atoms. The topological polar surface area (TPSA) is 61.9 Å². The Labute approximate surface area is 112 Å². The lowest BCUT2D eigenvalue weighted by Gasteiger charge is -2.34. The maximum absolute atomic E-state index is 12.1. The van der Waals surface area contributed by atoms with Gasteiger partial charge in [0.1, 0.15) is 11.4 Å². The van der Waals surface area contributed by atoms with Crippen LogP contribution in [-0.4, -0.2) is 47.3 Å². The Morgan fingerprint density at radius 2 is 2.11 bits per heavy atom. The van der Waals surface area contributed by atoms with E-state index in [2.05, 4.69) is 9.89 Å². The van der Waals surface area contributed by atoms with Gasteiger partial charge in [-0.3, -0.25) is 0 Å². The molecule has 1 fully saturated rings. The van der Waals surface area contributed by atoms with Gasteiger partial charge in [-0.1, -0.05) is 30.3 Å². The number of likely N-dealkylation sites (tertiary alicyclic amines) is 1. The Bertz CT molecular complexity index is 528. The average Bonchev–Trinajstić information content (AvgIpc) is 2.88. The molecule has 1 saturated heterocycles. The van der Waals surface area contributed by atoms with E-state index in [1.54, 1.807) is 0 Å². The number of aliphatic imine (C=N–C) groups is 1.